The van der Waals surface area contributed by atoms with Gasteiger partial charge in [-0.2, -0.15) is 0 Å². The van der Waals surface area contributed by atoms with Crippen molar-refractivity contribution >= 4 is 5.97 Å². The fourth-order valence-corrected chi connectivity index (χ4v) is 1.73. The van der Waals surface area contributed by atoms with Gasteiger partial charge in [0.1, 0.15) is 0 Å². The Morgan fingerprint density at radius 3 is 2.24 bits per heavy atom. The average Bonchev–Trinajstić information content (AvgIpc) is 2.23. The zero-order chi connectivity index (χ0) is 13.1. The average molecular weight is 242 g/mol. The maximum atomic E-state index is 11.4. The fraction of sp³-hybridized carbons (Fsp3) is 0.933. The van der Waals surface area contributed by atoms with Crippen molar-refractivity contribution in [3.63, 3.8) is 0 Å². The molecule has 0 atom stereocenters. The molecule has 0 aliphatic heterocycles. The van der Waals surface area contributed by atoms with Gasteiger partial charge in [0.15, 0.2) is 0 Å². The Labute approximate surface area is 107 Å². The van der Waals surface area contributed by atoms with Crippen LogP contribution in [0.5, 0.6) is 0 Å². The predicted molar refractivity (Wildman–Crippen MR) is 73.0 cm³/mol. The lowest BCUT2D eigenvalue weighted by Gasteiger charge is -2.17. The lowest BCUT2D eigenvalue weighted by Crippen LogP contribution is -2.10. The standard InChI is InChI=1S/C15H30O2/c1-5-6-7-8-9-11-14(16)17-13-10-12-15(2,3)4/h5-13H2,1-4H3. The number of carbonyl (C=O) groups excluding carboxylic acids is 1. The largest absolute Gasteiger partial charge is 0.466 e. The topological polar surface area (TPSA) is 26.3 Å². The molecule has 2 nitrogen and oxygen atoms in total. The van der Waals surface area contributed by atoms with Crippen molar-refractivity contribution in [2.45, 2.75) is 79.1 Å². The van der Waals surface area contributed by atoms with E-state index in [2.05, 4.69) is 27.7 Å². The smallest absolute Gasteiger partial charge is 0.305 e. The van der Waals surface area contributed by atoms with Gasteiger partial charge in [-0.05, 0) is 24.7 Å². The fourth-order valence-electron chi connectivity index (χ4n) is 1.73. The zero-order valence-electron chi connectivity index (χ0n) is 12.2. The van der Waals surface area contributed by atoms with Gasteiger partial charge >= 0.3 is 5.97 Å². The Kier molecular flexibility index (Phi) is 9.20. The third-order valence-electron chi connectivity index (χ3n) is 2.82. The Balaban J connectivity index is 3.29. The highest BCUT2D eigenvalue weighted by molar-refractivity contribution is 5.69. The molecule has 0 radical (unpaired) electrons. The Hall–Kier alpha value is -0.530. The van der Waals surface area contributed by atoms with Crippen molar-refractivity contribution in [1.29, 1.82) is 0 Å². The van der Waals surface area contributed by atoms with Crippen LogP contribution >= 0.6 is 0 Å². The second-order valence-electron chi connectivity index (χ2n) is 6.05. The van der Waals surface area contributed by atoms with Crippen molar-refractivity contribution < 1.29 is 9.53 Å². The van der Waals surface area contributed by atoms with Crippen LogP contribution in [0.25, 0.3) is 0 Å². The molecule has 0 aromatic carbocycles. The van der Waals surface area contributed by atoms with Crippen LogP contribution in [-0.4, -0.2) is 12.6 Å². The molecule has 0 saturated heterocycles. The van der Waals surface area contributed by atoms with Gasteiger partial charge in [-0.3, -0.25) is 4.79 Å². The van der Waals surface area contributed by atoms with Crippen LogP contribution < -0.4 is 0 Å². The van der Waals surface area contributed by atoms with Gasteiger partial charge in [0, 0.05) is 6.42 Å². The molecule has 0 spiro atoms. The second kappa shape index (κ2) is 9.49. The third kappa shape index (κ3) is 13.4. The van der Waals surface area contributed by atoms with Gasteiger partial charge < -0.3 is 4.74 Å². The molecular weight excluding hydrogens is 212 g/mol. The molecule has 0 heterocycles. The molecule has 0 amide bonds. The molecule has 0 bridgehead atoms. The van der Waals surface area contributed by atoms with Gasteiger partial charge in [-0.15, -0.1) is 0 Å². The highest BCUT2D eigenvalue weighted by Gasteiger charge is 2.10. The predicted octanol–water partition coefficient (Wildman–Crippen LogP) is 4.72. The van der Waals surface area contributed by atoms with E-state index < -0.39 is 0 Å². The number of rotatable bonds is 9. The molecule has 2 heteroatoms. The summed E-state index contributed by atoms with van der Waals surface area (Å²) in [6, 6.07) is 0. The van der Waals surface area contributed by atoms with E-state index in [0.29, 0.717) is 18.4 Å². The minimum absolute atomic E-state index is 0.0181. The lowest BCUT2D eigenvalue weighted by atomic mass is 9.91. The molecule has 0 aromatic heterocycles. The van der Waals surface area contributed by atoms with Crippen LogP contribution in [0.1, 0.15) is 79.1 Å². The second-order valence-corrected chi connectivity index (χ2v) is 6.05. The maximum Gasteiger partial charge on any atom is 0.305 e. The van der Waals surface area contributed by atoms with E-state index >= 15 is 0 Å². The van der Waals surface area contributed by atoms with Crippen molar-refractivity contribution in [2.24, 2.45) is 5.41 Å². The first-order valence-corrected chi connectivity index (χ1v) is 7.11. The summed E-state index contributed by atoms with van der Waals surface area (Å²) < 4.78 is 5.21. The summed E-state index contributed by atoms with van der Waals surface area (Å²) in [5, 5.41) is 0. The van der Waals surface area contributed by atoms with Gasteiger partial charge in [-0.1, -0.05) is 53.4 Å². The number of hydrogen-bond acceptors (Lipinski definition) is 2. The van der Waals surface area contributed by atoms with E-state index in [4.69, 9.17) is 4.74 Å². The molecule has 0 saturated carbocycles. The van der Waals surface area contributed by atoms with Gasteiger partial charge in [0.05, 0.1) is 6.61 Å². The lowest BCUT2D eigenvalue weighted by molar-refractivity contribution is -0.144. The molecule has 0 aliphatic rings. The summed E-state index contributed by atoms with van der Waals surface area (Å²) in [6.07, 6.45) is 8.59. The molecule has 0 rings (SSSR count). The third-order valence-corrected chi connectivity index (χ3v) is 2.82. The van der Waals surface area contributed by atoms with Gasteiger partial charge in [0.2, 0.25) is 0 Å². The number of unbranched alkanes of at least 4 members (excludes halogenated alkanes) is 4. The Morgan fingerprint density at radius 1 is 1.00 bits per heavy atom. The highest BCUT2D eigenvalue weighted by Crippen LogP contribution is 2.20. The number of carbonyl (C=O) groups is 1. The van der Waals surface area contributed by atoms with Crippen LogP contribution in [0.15, 0.2) is 0 Å². The zero-order valence-corrected chi connectivity index (χ0v) is 12.2. The summed E-state index contributed by atoms with van der Waals surface area (Å²) >= 11 is 0. The van der Waals surface area contributed by atoms with E-state index in [-0.39, 0.29) is 5.97 Å². The number of esters is 1. The molecule has 0 aromatic rings. The molecule has 0 aliphatic carbocycles. The number of hydrogen-bond donors (Lipinski definition) is 0. The summed E-state index contributed by atoms with van der Waals surface area (Å²) in [5.41, 5.74) is 0.340. The normalized spacial score (nSPS) is 11.5. The quantitative estimate of drug-likeness (QED) is 0.432. The number of ether oxygens (including phenoxy) is 1. The SMILES string of the molecule is CCCCCCCC(=O)OCCCC(C)(C)C. The maximum absolute atomic E-state index is 11.4. The highest BCUT2D eigenvalue weighted by atomic mass is 16.5. The van der Waals surface area contributed by atoms with Crippen LogP contribution in [0.3, 0.4) is 0 Å². The molecular formula is C15H30O2. The van der Waals surface area contributed by atoms with Gasteiger partial charge in [-0.25, -0.2) is 0 Å². The van der Waals surface area contributed by atoms with E-state index in [1.54, 1.807) is 0 Å². The van der Waals surface area contributed by atoms with Crippen LogP contribution in [0, 0.1) is 5.41 Å². The minimum atomic E-state index is -0.0181. The summed E-state index contributed by atoms with van der Waals surface area (Å²) in [4.78, 5) is 11.4. The van der Waals surface area contributed by atoms with E-state index in [9.17, 15) is 4.79 Å². The first-order valence-electron chi connectivity index (χ1n) is 7.11. The summed E-state index contributed by atoms with van der Waals surface area (Å²) in [7, 11) is 0. The molecule has 0 fully saturated rings. The minimum Gasteiger partial charge on any atom is -0.466 e. The van der Waals surface area contributed by atoms with E-state index in [1.807, 2.05) is 0 Å². The molecule has 0 N–H and O–H groups in total. The first kappa shape index (κ1) is 16.5. The van der Waals surface area contributed by atoms with Crippen molar-refractivity contribution in [3.8, 4) is 0 Å². The van der Waals surface area contributed by atoms with Crippen molar-refractivity contribution in [2.75, 3.05) is 6.61 Å². The van der Waals surface area contributed by atoms with Crippen LogP contribution in [0.4, 0.5) is 0 Å². The van der Waals surface area contributed by atoms with Crippen molar-refractivity contribution in [3.05, 3.63) is 0 Å². The van der Waals surface area contributed by atoms with Crippen LogP contribution in [0.2, 0.25) is 0 Å². The Morgan fingerprint density at radius 2 is 1.65 bits per heavy atom. The monoisotopic (exact) mass is 242 g/mol. The molecule has 17 heavy (non-hydrogen) atoms. The van der Waals surface area contributed by atoms with E-state index in [0.717, 1.165) is 25.7 Å². The van der Waals surface area contributed by atoms with E-state index in [1.165, 1.54) is 19.3 Å². The first-order chi connectivity index (χ1) is 7.95. The molecule has 0 unspecified atom stereocenters. The van der Waals surface area contributed by atoms with Crippen molar-refractivity contribution in [1.82, 2.24) is 0 Å². The van der Waals surface area contributed by atoms with Gasteiger partial charge in [0.25, 0.3) is 0 Å². The van der Waals surface area contributed by atoms with Crippen LogP contribution in [-0.2, 0) is 9.53 Å². The summed E-state index contributed by atoms with van der Waals surface area (Å²) in [5.74, 6) is -0.0181. The Bertz CT molecular complexity index is 192. The molecule has 102 valence electrons. The summed E-state index contributed by atoms with van der Waals surface area (Å²) in [6.45, 7) is 9.42.